The number of carbonyl (C=O) groups excluding carboxylic acids is 1. The number of nitrogens with zero attached hydrogens (tertiary/aromatic N) is 2. The van der Waals surface area contributed by atoms with E-state index >= 15 is 0 Å². The number of ether oxygens (including phenoxy) is 1. The predicted molar refractivity (Wildman–Crippen MR) is 122 cm³/mol. The molecule has 1 aromatic heterocycles. The zero-order valence-corrected chi connectivity index (χ0v) is 17.4. The first kappa shape index (κ1) is 20.4. The number of nitrogens with two attached hydrogens (primary N) is 1. The van der Waals surface area contributed by atoms with E-state index < -0.39 is 5.54 Å². The Kier molecular flexibility index (Phi) is 5.85. The highest BCUT2D eigenvalue weighted by Crippen LogP contribution is 2.42. The van der Waals surface area contributed by atoms with E-state index in [1.165, 1.54) is 7.11 Å². The Morgan fingerprint density at radius 1 is 0.871 bits per heavy atom. The lowest BCUT2D eigenvalue weighted by Gasteiger charge is -2.38. The fourth-order valence-corrected chi connectivity index (χ4v) is 4.12. The van der Waals surface area contributed by atoms with Crippen molar-refractivity contribution in [2.24, 2.45) is 0 Å². The molecule has 0 saturated carbocycles. The molecule has 3 aromatic carbocycles. The molecule has 156 valence electrons. The molecule has 0 aliphatic carbocycles. The van der Waals surface area contributed by atoms with Gasteiger partial charge in [0.2, 0.25) is 5.95 Å². The second-order valence-electron chi connectivity index (χ2n) is 7.35. The van der Waals surface area contributed by atoms with Gasteiger partial charge in [0.15, 0.2) is 0 Å². The van der Waals surface area contributed by atoms with Crippen LogP contribution in [0.15, 0.2) is 97.2 Å². The molecule has 0 aliphatic heterocycles. The van der Waals surface area contributed by atoms with Gasteiger partial charge in [0.1, 0.15) is 5.54 Å². The van der Waals surface area contributed by atoms with E-state index in [-0.39, 0.29) is 12.4 Å². The molecule has 0 radical (unpaired) electrons. The van der Waals surface area contributed by atoms with Gasteiger partial charge in [0.05, 0.1) is 19.2 Å². The second-order valence-corrected chi connectivity index (χ2v) is 7.35. The number of aryl methyl sites for hydroxylation is 1. The summed E-state index contributed by atoms with van der Waals surface area (Å²) < 4.78 is 6.79. The minimum atomic E-state index is -0.718. The minimum absolute atomic E-state index is 0.252. The number of nitrogen functional groups attached to an aromatic ring is 1. The van der Waals surface area contributed by atoms with Gasteiger partial charge in [0.25, 0.3) is 0 Å². The molecule has 5 heteroatoms. The van der Waals surface area contributed by atoms with Crippen molar-refractivity contribution in [2.45, 2.75) is 18.4 Å². The van der Waals surface area contributed by atoms with E-state index in [1.54, 1.807) is 0 Å². The van der Waals surface area contributed by atoms with Gasteiger partial charge in [-0.05, 0) is 16.7 Å². The maximum absolute atomic E-state index is 11.7. The van der Waals surface area contributed by atoms with Crippen LogP contribution in [0.3, 0.4) is 0 Å². The third kappa shape index (κ3) is 3.82. The normalized spacial score (nSPS) is 11.3. The van der Waals surface area contributed by atoms with Crippen LogP contribution >= 0.6 is 0 Å². The van der Waals surface area contributed by atoms with Crippen molar-refractivity contribution in [1.29, 1.82) is 0 Å². The average molecular weight is 412 g/mol. The summed E-state index contributed by atoms with van der Waals surface area (Å²) in [6, 6.07) is 30.8. The van der Waals surface area contributed by atoms with Crippen molar-refractivity contribution in [3.05, 3.63) is 120 Å². The topological polar surface area (TPSA) is 70.1 Å². The Morgan fingerprint density at radius 3 is 1.74 bits per heavy atom. The van der Waals surface area contributed by atoms with E-state index in [0.717, 1.165) is 22.4 Å². The largest absolute Gasteiger partial charge is 0.469 e. The number of carbonyl (C=O) groups is 1. The number of hydrogen-bond donors (Lipinski definition) is 1. The molecule has 4 aromatic rings. The quantitative estimate of drug-likeness (QED) is 0.361. The lowest BCUT2D eigenvalue weighted by Crippen LogP contribution is -2.38. The summed E-state index contributed by atoms with van der Waals surface area (Å²) in [5.74, 6) is 0.116. The number of rotatable bonds is 7. The summed E-state index contributed by atoms with van der Waals surface area (Å²) in [5, 5.41) is 0. The molecule has 0 aliphatic rings. The molecular formula is C26H25N3O2. The van der Waals surface area contributed by atoms with Crippen LogP contribution in [0, 0.1) is 0 Å². The summed E-state index contributed by atoms with van der Waals surface area (Å²) in [6.07, 6.45) is 2.66. The molecule has 0 fully saturated rings. The monoisotopic (exact) mass is 411 g/mol. The first-order chi connectivity index (χ1) is 15.2. The summed E-state index contributed by atoms with van der Waals surface area (Å²) in [7, 11) is 1.39. The fourth-order valence-electron chi connectivity index (χ4n) is 4.12. The van der Waals surface area contributed by atoms with E-state index in [4.69, 9.17) is 10.5 Å². The van der Waals surface area contributed by atoms with Crippen LogP contribution in [-0.4, -0.2) is 22.6 Å². The lowest BCUT2D eigenvalue weighted by molar-refractivity contribution is -0.140. The maximum atomic E-state index is 11.7. The van der Waals surface area contributed by atoms with Crippen LogP contribution < -0.4 is 5.73 Å². The van der Waals surface area contributed by atoms with Crippen molar-refractivity contribution in [1.82, 2.24) is 9.55 Å². The van der Waals surface area contributed by atoms with Gasteiger partial charge in [-0.1, -0.05) is 91.0 Å². The molecule has 0 bridgehead atoms. The van der Waals surface area contributed by atoms with E-state index in [0.29, 0.717) is 12.4 Å². The van der Waals surface area contributed by atoms with E-state index in [1.807, 2.05) is 65.4 Å². The smallest absolute Gasteiger partial charge is 0.305 e. The van der Waals surface area contributed by atoms with Crippen LogP contribution in [0.4, 0.5) is 5.95 Å². The number of benzene rings is 3. The van der Waals surface area contributed by atoms with Crippen molar-refractivity contribution in [3.8, 4) is 0 Å². The SMILES string of the molecule is COC(=O)CCc1cn(C(c2ccccc2)(c2ccccc2)c2ccccc2)c(N)n1. The molecule has 31 heavy (non-hydrogen) atoms. The van der Waals surface area contributed by atoms with Gasteiger partial charge in [-0.15, -0.1) is 0 Å². The van der Waals surface area contributed by atoms with Gasteiger partial charge in [-0.2, -0.15) is 0 Å². The number of aromatic nitrogens is 2. The fraction of sp³-hybridized carbons (Fsp3) is 0.154. The number of methoxy groups -OCH3 is 1. The third-order valence-electron chi connectivity index (χ3n) is 5.53. The van der Waals surface area contributed by atoms with Crippen LogP contribution in [-0.2, 0) is 21.5 Å². The Balaban J connectivity index is 1.98. The number of anilines is 1. The zero-order valence-electron chi connectivity index (χ0n) is 17.4. The number of esters is 1. The van der Waals surface area contributed by atoms with Gasteiger partial charge >= 0.3 is 5.97 Å². The molecule has 0 spiro atoms. The first-order valence-corrected chi connectivity index (χ1v) is 10.2. The summed E-state index contributed by atoms with van der Waals surface area (Å²) in [6.45, 7) is 0. The van der Waals surface area contributed by atoms with Crippen LogP contribution in [0.1, 0.15) is 28.8 Å². The molecule has 4 rings (SSSR count). The van der Waals surface area contributed by atoms with Gasteiger partial charge in [-0.25, -0.2) is 4.98 Å². The highest BCUT2D eigenvalue weighted by atomic mass is 16.5. The molecule has 0 atom stereocenters. The van der Waals surface area contributed by atoms with Gasteiger partial charge in [-0.3, -0.25) is 9.36 Å². The summed E-state index contributed by atoms with van der Waals surface area (Å²) in [4.78, 5) is 16.2. The molecule has 0 amide bonds. The molecule has 0 saturated heterocycles. The molecular weight excluding hydrogens is 386 g/mol. The second kappa shape index (κ2) is 8.88. The number of hydrogen-bond acceptors (Lipinski definition) is 4. The Morgan fingerprint density at radius 2 is 1.32 bits per heavy atom. The van der Waals surface area contributed by atoms with Crippen molar-refractivity contribution in [2.75, 3.05) is 12.8 Å². The van der Waals surface area contributed by atoms with Crippen LogP contribution in [0.2, 0.25) is 0 Å². The summed E-state index contributed by atoms with van der Waals surface area (Å²) >= 11 is 0. The average Bonchev–Trinajstić information content (AvgIpc) is 3.21. The van der Waals surface area contributed by atoms with Crippen molar-refractivity contribution in [3.63, 3.8) is 0 Å². The molecule has 5 nitrogen and oxygen atoms in total. The van der Waals surface area contributed by atoms with Crippen molar-refractivity contribution < 1.29 is 9.53 Å². The standard InChI is InChI=1S/C26H25N3O2/c1-31-24(30)18-17-23-19-29(25(27)28-23)26(20-11-5-2-6-12-20,21-13-7-3-8-14-21)22-15-9-4-10-16-22/h2-16,19H,17-18H2,1H3,(H2,27,28). The van der Waals surface area contributed by atoms with Gasteiger partial charge in [0, 0.05) is 12.6 Å². The molecule has 1 heterocycles. The Labute approximate surface area is 182 Å². The Bertz CT molecular complexity index is 1040. The molecule has 2 N–H and O–H groups in total. The van der Waals surface area contributed by atoms with Gasteiger partial charge < -0.3 is 10.5 Å². The highest BCUT2D eigenvalue weighted by Gasteiger charge is 2.39. The number of imidazole rings is 1. The molecule has 0 unspecified atom stereocenters. The third-order valence-corrected chi connectivity index (χ3v) is 5.53. The van der Waals surface area contributed by atoms with E-state index in [2.05, 4.69) is 41.4 Å². The first-order valence-electron chi connectivity index (χ1n) is 10.2. The zero-order chi connectivity index (χ0) is 21.7. The van der Waals surface area contributed by atoms with Crippen LogP contribution in [0.5, 0.6) is 0 Å². The maximum Gasteiger partial charge on any atom is 0.305 e. The van der Waals surface area contributed by atoms with E-state index in [9.17, 15) is 4.79 Å². The predicted octanol–water partition coefficient (Wildman–Crippen LogP) is 4.41. The van der Waals surface area contributed by atoms with Crippen molar-refractivity contribution >= 4 is 11.9 Å². The minimum Gasteiger partial charge on any atom is -0.469 e. The lowest BCUT2D eigenvalue weighted by atomic mass is 9.76. The Hall–Kier alpha value is -3.86. The summed E-state index contributed by atoms with van der Waals surface area (Å²) in [5.41, 5.74) is 9.74. The highest BCUT2D eigenvalue weighted by molar-refractivity contribution is 5.69. The van der Waals surface area contributed by atoms with Crippen LogP contribution in [0.25, 0.3) is 0 Å².